The maximum Gasteiger partial charge on any atom is 0.257 e. The van der Waals surface area contributed by atoms with Crippen LogP contribution in [-0.4, -0.2) is 27.6 Å². The molecular formula is C21H15FN4O3. The molecule has 4 rings (SSSR count). The van der Waals surface area contributed by atoms with Crippen molar-refractivity contribution >= 4 is 16.8 Å². The standard InChI is InChI=1S/C21H15FN4O3/c1-29-18-8-12(6-7-15(18)22)16-10-19(25-11-24-16)26-17-5-3-2-4-13(17)14(21(23)28)9-20(26)27/h2-11H,1H3,(H2,23,28). The van der Waals surface area contributed by atoms with Gasteiger partial charge in [0.2, 0.25) is 5.91 Å². The van der Waals surface area contributed by atoms with Crippen molar-refractivity contribution < 1.29 is 13.9 Å². The van der Waals surface area contributed by atoms with Gasteiger partial charge >= 0.3 is 0 Å². The minimum atomic E-state index is -0.688. The van der Waals surface area contributed by atoms with Gasteiger partial charge in [-0.15, -0.1) is 0 Å². The lowest BCUT2D eigenvalue weighted by Gasteiger charge is -2.12. The molecule has 0 radical (unpaired) electrons. The van der Waals surface area contributed by atoms with E-state index in [1.165, 1.54) is 36.2 Å². The van der Waals surface area contributed by atoms with E-state index in [0.717, 1.165) is 0 Å². The van der Waals surface area contributed by atoms with E-state index in [2.05, 4.69) is 9.97 Å². The van der Waals surface area contributed by atoms with Gasteiger partial charge in [-0.3, -0.25) is 14.2 Å². The van der Waals surface area contributed by atoms with Crippen LogP contribution < -0.4 is 16.0 Å². The van der Waals surface area contributed by atoms with Gasteiger partial charge in [-0.1, -0.05) is 18.2 Å². The normalized spacial score (nSPS) is 10.8. The van der Waals surface area contributed by atoms with E-state index in [1.807, 2.05) is 0 Å². The molecule has 0 aliphatic carbocycles. The average Bonchev–Trinajstić information content (AvgIpc) is 2.73. The largest absolute Gasteiger partial charge is 0.494 e. The second kappa shape index (κ2) is 7.16. The van der Waals surface area contributed by atoms with Crippen LogP contribution in [0.4, 0.5) is 4.39 Å². The number of halogens is 1. The van der Waals surface area contributed by atoms with Crippen LogP contribution in [-0.2, 0) is 0 Å². The van der Waals surface area contributed by atoms with Crippen molar-refractivity contribution in [3.63, 3.8) is 0 Å². The average molecular weight is 390 g/mol. The first kappa shape index (κ1) is 18.3. The first-order chi connectivity index (χ1) is 14.0. The third kappa shape index (κ3) is 3.20. The topological polar surface area (TPSA) is 100 Å². The molecule has 7 nitrogen and oxygen atoms in total. The number of fused-ring (bicyclic) bond motifs is 1. The van der Waals surface area contributed by atoms with Crippen molar-refractivity contribution in [1.82, 2.24) is 14.5 Å². The van der Waals surface area contributed by atoms with Gasteiger partial charge in [-0.25, -0.2) is 14.4 Å². The summed E-state index contributed by atoms with van der Waals surface area (Å²) in [6, 6.07) is 14.0. The van der Waals surface area contributed by atoms with E-state index in [1.54, 1.807) is 36.4 Å². The highest BCUT2D eigenvalue weighted by molar-refractivity contribution is 6.05. The molecule has 0 spiro atoms. The molecule has 1 amide bonds. The summed E-state index contributed by atoms with van der Waals surface area (Å²) in [7, 11) is 1.37. The zero-order chi connectivity index (χ0) is 20.5. The number of hydrogen-bond donors (Lipinski definition) is 1. The number of hydrogen-bond acceptors (Lipinski definition) is 5. The van der Waals surface area contributed by atoms with Gasteiger partial charge in [0.05, 0.1) is 23.9 Å². The predicted octanol–water partition coefficient (Wildman–Crippen LogP) is 2.69. The summed E-state index contributed by atoms with van der Waals surface area (Å²) < 4.78 is 20.1. The lowest BCUT2D eigenvalue weighted by Crippen LogP contribution is -2.23. The highest BCUT2D eigenvalue weighted by Crippen LogP contribution is 2.26. The van der Waals surface area contributed by atoms with Crippen molar-refractivity contribution in [2.24, 2.45) is 5.73 Å². The first-order valence-corrected chi connectivity index (χ1v) is 8.60. The van der Waals surface area contributed by atoms with E-state index >= 15 is 0 Å². The zero-order valence-corrected chi connectivity index (χ0v) is 15.3. The van der Waals surface area contributed by atoms with Crippen molar-refractivity contribution in [2.75, 3.05) is 7.11 Å². The molecule has 0 saturated carbocycles. The third-order valence-electron chi connectivity index (χ3n) is 4.52. The fourth-order valence-corrected chi connectivity index (χ4v) is 3.17. The number of benzene rings is 2. The number of nitrogens with zero attached hydrogens (tertiary/aromatic N) is 3. The van der Waals surface area contributed by atoms with E-state index in [0.29, 0.717) is 28.0 Å². The number of methoxy groups -OCH3 is 1. The highest BCUT2D eigenvalue weighted by Gasteiger charge is 2.15. The van der Waals surface area contributed by atoms with E-state index in [-0.39, 0.29) is 11.3 Å². The van der Waals surface area contributed by atoms with Crippen LogP contribution in [0, 0.1) is 5.82 Å². The molecule has 0 unspecified atom stereocenters. The summed E-state index contributed by atoms with van der Waals surface area (Å²) >= 11 is 0. The van der Waals surface area contributed by atoms with E-state index < -0.39 is 17.3 Å². The molecule has 0 aliphatic heterocycles. The van der Waals surface area contributed by atoms with E-state index in [4.69, 9.17) is 10.5 Å². The molecule has 0 atom stereocenters. The molecule has 2 heterocycles. The Morgan fingerprint density at radius 2 is 1.90 bits per heavy atom. The molecule has 2 aromatic heterocycles. The van der Waals surface area contributed by atoms with Crippen LogP contribution in [0.5, 0.6) is 5.75 Å². The molecule has 0 aliphatic rings. The Balaban J connectivity index is 1.94. The minimum absolute atomic E-state index is 0.0797. The Morgan fingerprint density at radius 3 is 2.66 bits per heavy atom. The van der Waals surface area contributed by atoms with Crippen molar-refractivity contribution in [3.8, 4) is 22.8 Å². The van der Waals surface area contributed by atoms with Gasteiger partial charge in [0.1, 0.15) is 12.1 Å². The van der Waals surface area contributed by atoms with Crippen LogP contribution in [0.2, 0.25) is 0 Å². The van der Waals surface area contributed by atoms with Crippen LogP contribution in [0.25, 0.3) is 28.0 Å². The summed E-state index contributed by atoms with van der Waals surface area (Å²) in [4.78, 5) is 33.0. The summed E-state index contributed by atoms with van der Waals surface area (Å²) in [5.74, 6) is -0.798. The fraction of sp³-hybridized carbons (Fsp3) is 0.0476. The molecule has 0 bridgehead atoms. The molecule has 2 aromatic carbocycles. The summed E-state index contributed by atoms with van der Waals surface area (Å²) in [6.07, 6.45) is 1.31. The number of aromatic nitrogens is 3. The summed E-state index contributed by atoms with van der Waals surface area (Å²) in [5, 5.41) is 0.531. The molecule has 0 fully saturated rings. The Morgan fingerprint density at radius 1 is 1.10 bits per heavy atom. The Kier molecular flexibility index (Phi) is 4.52. The number of ether oxygens (including phenoxy) is 1. The predicted molar refractivity (Wildman–Crippen MR) is 106 cm³/mol. The van der Waals surface area contributed by atoms with Crippen molar-refractivity contribution in [1.29, 1.82) is 0 Å². The number of rotatable bonds is 4. The molecule has 8 heteroatoms. The second-order valence-corrected chi connectivity index (χ2v) is 6.22. The number of para-hydroxylation sites is 1. The van der Waals surface area contributed by atoms with E-state index in [9.17, 15) is 14.0 Å². The van der Waals surface area contributed by atoms with Gasteiger partial charge in [0.25, 0.3) is 5.56 Å². The first-order valence-electron chi connectivity index (χ1n) is 8.60. The third-order valence-corrected chi connectivity index (χ3v) is 4.52. The molecule has 2 N–H and O–H groups in total. The van der Waals surface area contributed by atoms with Gasteiger partial charge < -0.3 is 10.5 Å². The number of pyridine rings is 1. The second-order valence-electron chi connectivity index (χ2n) is 6.22. The van der Waals surface area contributed by atoms with Gasteiger partial charge in [-0.05, 0) is 24.3 Å². The Labute approximate surface area is 164 Å². The van der Waals surface area contributed by atoms with Crippen molar-refractivity contribution in [2.45, 2.75) is 0 Å². The lowest BCUT2D eigenvalue weighted by molar-refractivity contribution is 0.100. The smallest absolute Gasteiger partial charge is 0.257 e. The number of primary amides is 1. The SMILES string of the molecule is COc1cc(-c2cc(-n3c(=O)cc(C(N)=O)c4ccccc43)ncn2)ccc1F. The monoisotopic (exact) mass is 390 g/mol. The van der Waals surface area contributed by atoms with Crippen LogP contribution in [0.1, 0.15) is 10.4 Å². The Bertz CT molecular complexity index is 1320. The molecule has 29 heavy (non-hydrogen) atoms. The van der Waals surface area contributed by atoms with Crippen LogP contribution in [0.3, 0.4) is 0 Å². The molecule has 4 aromatic rings. The highest BCUT2D eigenvalue weighted by atomic mass is 19.1. The molecule has 144 valence electrons. The minimum Gasteiger partial charge on any atom is -0.494 e. The molecule has 0 saturated heterocycles. The van der Waals surface area contributed by atoms with Gasteiger partial charge in [-0.2, -0.15) is 0 Å². The summed E-state index contributed by atoms with van der Waals surface area (Å²) in [6.45, 7) is 0. The number of nitrogens with two attached hydrogens (primary N) is 1. The van der Waals surface area contributed by atoms with Gasteiger partial charge in [0.15, 0.2) is 11.6 Å². The maximum absolute atomic E-state index is 13.7. The maximum atomic E-state index is 13.7. The number of carbonyl (C=O) groups excluding carboxylic acids is 1. The quantitative estimate of drug-likeness (QED) is 0.577. The number of carbonyl (C=O) groups is 1. The molecular weight excluding hydrogens is 375 g/mol. The summed E-state index contributed by atoms with van der Waals surface area (Å²) in [5.41, 5.74) is 6.65. The van der Waals surface area contributed by atoms with Crippen molar-refractivity contribution in [3.05, 3.63) is 82.7 Å². The fourth-order valence-electron chi connectivity index (χ4n) is 3.17. The van der Waals surface area contributed by atoms with Crippen LogP contribution in [0.15, 0.2) is 65.7 Å². The Hall–Kier alpha value is -4.07. The van der Waals surface area contributed by atoms with Crippen LogP contribution >= 0.6 is 0 Å². The zero-order valence-electron chi connectivity index (χ0n) is 15.3. The van der Waals surface area contributed by atoms with Gasteiger partial charge in [0, 0.05) is 23.1 Å². The number of amides is 1. The lowest BCUT2D eigenvalue weighted by atomic mass is 10.1.